The summed E-state index contributed by atoms with van der Waals surface area (Å²) in [6.45, 7) is 4.01. The van der Waals surface area contributed by atoms with E-state index in [9.17, 15) is 4.79 Å². The number of rotatable bonds is 7. The van der Waals surface area contributed by atoms with Gasteiger partial charge in [0.05, 0.1) is 0 Å². The van der Waals surface area contributed by atoms with E-state index in [0.29, 0.717) is 17.9 Å². The molecule has 18 heavy (non-hydrogen) atoms. The fourth-order valence-corrected chi connectivity index (χ4v) is 2.13. The van der Waals surface area contributed by atoms with Crippen LogP contribution < -0.4 is 5.32 Å². The van der Waals surface area contributed by atoms with E-state index in [-0.39, 0.29) is 24.5 Å². The standard InChI is InChI=1S/C12H20N2O3S/c1-8(2)11-6-10(14-17-11)12(16)13-9(4-5-15)7-18-3/h6,8-9,15H,4-5,7H2,1-3H3,(H,13,16). The van der Waals surface area contributed by atoms with Gasteiger partial charge in [-0.05, 0) is 12.7 Å². The SMILES string of the molecule is CSCC(CCO)NC(=O)c1cc(C(C)C)on1. The second-order valence-electron chi connectivity index (χ2n) is 4.41. The fraction of sp³-hybridized carbons (Fsp3) is 0.667. The highest BCUT2D eigenvalue weighted by atomic mass is 32.2. The van der Waals surface area contributed by atoms with Crippen LogP contribution in [0.4, 0.5) is 0 Å². The van der Waals surface area contributed by atoms with Crippen LogP contribution in [0.2, 0.25) is 0 Å². The molecule has 0 saturated carbocycles. The maximum absolute atomic E-state index is 11.9. The monoisotopic (exact) mass is 272 g/mol. The molecule has 6 heteroatoms. The molecule has 1 aromatic heterocycles. The van der Waals surface area contributed by atoms with Crippen molar-refractivity contribution < 1.29 is 14.4 Å². The van der Waals surface area contributed by atoms with Gasteiger partial charge in [0.1, 0.15) is 5.76 Å². The highest BCUT2D eigenvalue weighted by Gasteiger charge is 2.17. The average molecular weight is 272 g/mol. The number of aromatic nitrogens is 1. The van der Waals surface area contributed by atoms with Gasteiger partial charge in [-0.15, -0.1) is 0 Å². The van der Waals surface area contributed by atoms with E-state index in [4.69, 9.17) is 9.63 Å². The molecule has 0 saturated heterocycles. The van der Waals surface area contributed by atoms with Crippen LogP contribution in [0.25, 0.3) is 0 Å². The van der Waals surface area contributed by atoms with Crippen LogP contribution in [0.1, 0.15) is 42.4 Å². The third kappa shape index (κ3) is 4.34. The Balaban J connectivity index is 2.61. The minimum absolute atomic E-state index is 0.0447. The van der Waals surface area contributed by atoms with Crippen LogP contribution >= 0.6 is 11.8 Å². The zero-order valence-corrected chi connectivity index (χ0v) is 11.8. The molecule has 5 nitrogen and oxygen atoms in total. The highest BCUT2D eigenvalue weighted by molar-refractivity contribution is 7.98. The fourth-order valence-electron chi connectivity index (χ4n) is 1.48. The van der Waals surface area contributed by atoms with Crippen LogP contribution in [-0.2, 0) is 0 Å². The Labute approximate surface area is 111 Å². The lowest BCUT2D eigenvalue weighted by Gasteiger charge is -2.15. The molecule has 0 spiro atoms. The molecule has 0 radical (unpaired) electrons. The van der Waals surface area contributed by atoms with Crippen molar-refractivity contribution >= 4 is 17.7 Å². The molecular weight excluding hydrogens is 252 g/mol. The van der Waals surface area contributed by atoms with Crippen molar-refractivity contribution in [3.63, 3.8) is 0 Å². The van der Waals surface area contributed by atoms with Gasteiger partial charge in [0, 0.05) is 30.4 Å². The molecule has 0 aliphatic rings. The zero-order chi connectivity index (χ0) is 13.5. The number of carbonyl (C=O) groups is 1. The van der Waals surface area contributed by atoms with E-state index < -0.39 is 0 Å². The van der Waals surface area contributed by atoms with E-state index in [2.05, 4.69) is 10.5 Å². The van der Waals surface area contributed by atoms with Crippen LogP contribution in [-0.4, -0.2) is 40.8 Å². The minimum atomic E-state index is -0.252. The van der Waals surface area contributed by atoms with E-state index in [0.717, 1.165) is 5.75 Å². The van der Waals surface area contributed by atoms with Gasteiger partial charge >= 0.3 is 0 Å². The van der Waals surface area contributed by atoms with Gasteiger partial charge in [-0.25, -0.2) is 0 Å². The Morgan fingerprint density at radius 3 is 2.83 bits per heavy atom. The molecule has 0 aliphatic heterocycles. The largest absolute Gasteiger partial charge is 0.396 e. The molecule has 2 N–H and O–H groups in total. The molecule has 1 atom stereocenters. The summed E-state index contributed by atoms with van der Waals surface area (Å²) in [4.78, 5) is 11.9. The van der Waals surface area contributed by atoms with Crippen molar-refractivity contribution in [1.82, 2.24) is 10.5 Å². The van der Waals surface area contributed by atoms with Crippen molar-refractivity contribution in [2.45, 2.75) is 32.2 Å². The molecule has 1 amide bonds. The summed E-state index contributed by atoms with van der Waals surface area (Å²) in [5.74, 6) is 1.42. The second kappa shape index (κ2) is 7.43. The number of aliphatic hydroxyl groups is 1. The quantitative estimate of drug-likeness (QED) is 0.789. The number of hydrogen-bond donors (Lipinski definition) is 2. The van der Waals surface area contributed by atoms with E-state index >= 15 is 0 Å². The molecular formula is C12H20N2O3S. The van der Waals surface area contributed by atoms with Gasteiger partial charge < -0.3 is 14.9 Å². The predicted octanol–water partition coefficient (Wildman–Crippen LogP) is 1.64. The first-order valence-electron chi connectivity index (χ1n) is 5.95. The Hall–Kier alpha value is -1.01. The minimum Gasteiger partial charge on any atom is -0.396 e. The Kier molecular flexibility index (Phi) is 6.21. The van der Waals surface area contributed by atoms with E-state index in [1.54, 1.807) is 17.8 Å². The molecule has 0 fully saturated rings. The predicted molar refractivity (Wildman–Crippen MR) is 71.9 cm³/mol. The van der Waals surface area contributed by atoms with E-state index in [1.807, 2.05) is 20.1 Å². The normalized spacial score (nSPS) is 12.7. The molecule has 1 unspecified atom stereocenters. The summed E-state index contributed by atoms with van der Waals surface area (Å²) < 4.78 is 5.08. The molecule has 1 aromatic rings. The molecule has 0 bridgehead atoms. The lowest BCUT2D eigenvalue weighted by Crippen LogP contribution is -2.37. The van der Waals surface area contributed by atoms with Crippen molar-refractivity contribution in [3.05, 3.63) is 17.5 Å². The second-order valence-corrected chi connectivity index (χ2v) is 5.32. The molecule has 0 aromatic carbocycles. The maximum atomic E-state index is 11.9. The first-order chi connectivity index (χ1) is 8.58. The van der Waals surface area contributed by atoms with Gasteiger partial charge in [-0.3, -0.25) is 4.79 Å². The number of hydrogen-bond acceptors (Lipinski definition) is 5. The maximum Gasteiger partial charge on any atom is 0.273 e. The van der Waals surface area contributed by atoms with E-state index in [1.165, 1.54) is 0 Å². The topological polar surface area (TPSA) is 75.4 Å². The number of nitrogens with zero attached hydrogens (tertiary/aromatic N) is 1. The molecule has 1 heterocycles. The zero-order valence-electron chi connectivity index (χ0n) is 11.0. The number of amides is 1. The summed E-state index contributed by atoms with van der Waals surface area (Å²) >= 11 is 1.63. The smallest absolute Gasteiger partial charge is 0.273 e. The number of nitrogens with one attached hydrogen (secondary N) is 1. The summed E-state index contributed by atoms with van der Waals surface area (Å²) in [7, 11) is 0. The summed E-state index contributed by atoms with van der Waals surface area (Å²) in [6.07, 6.45) is 2.50. The van der Waals surface area contributed by atoms with Crippen LogP contribution in [0.3, 0.4) is 0 Å². The van der Waals surface area contributed by atoms with Gasteiger partial charge in [0.2, 0.25) is 0 Å². The van der Waals surface area contributed by atoms with Crippen molar-refractivity contribution in [1.29, 1.82) is 0 Å². The molecule has 102 valence electrons. The molecule has 0 aliphatic carbocycles. The number of carbonyl (C=O) groups excluding carboxylic acids is 1. The first-order valence-corrected chi connectivity index (χ1v) is 7.35. The van der Waals surface area contributed by atoms with Crippen LogP contribution in [0.5, 0.6) is 0 Å². The molecule has 1 rings (SSSR count). The van der Waals surface area contributed by atoms with Crippen molar-refractivity contribution in [2.75, 3.05) is 18.6 Å². The third-order valence-electron chi connectivity index (χ3n) is 2.51. The Morgan fingerprint density at radius 1 is 1.61 bits per heavy atom. The van der Waals surface area contributed by atoms with Gasteiger partial charge in [0.25, 0.3) is 5.91 Å². The average Bonchev–Trinajstić information content (AvgIpc) is 2.79. The van der Waals surface area contributed by atoms with Crippen molar-refractivity contribution in [2.24, 2.45) is 0 Å². The summed E-state index contributed by atoms with van der Waals surface area (Å²) in [6, 6.07) is 1.62. The summed E-state index contributed by atoms with van der Waals surface area (Å²) in [5.41, 5.74) is 0.294. The number of thioether (sulfide) groups is 1. The van der Waals surface area contributed by atoms with Gasteiger partial charge in [-0.1, -0.05) is 19.0 Å². The van der Waals surface area contributed by atoms with Crippen LogP contribution in [0.15, 0.2) is 10.6 Å². The first kappa shape index (κ1) is 15.0. The van der Waals surface area contributed by atoms with Gasteiger partial charge in [-0.2, -0.15) is 11.8 Å². The van der Waals surface area contributed by atoms with Gasteiger partial charge in [0.15, 0.2) is 5.69 Å². The summed E-state index contributed by atoms with van der Waals surface area (Å²) in [5, 5.41) is 15.5. The number of aliphatic hydroxyl groups excluding tert-OH is 1. The Bertz CT molecular complexity index is 373. The lowest BCUT2D eigenvalue weighted by molar-refractivity contribution is 0.0926. The Morgan fingerprint density at radius 2 is 2.33 bits per heavy atom. The van der Waals surface area contributed by atoms with Crippen molar-refractivity contribution in [3.8, 4) is 0 Å². The highest BCUT2D eigenvalue weighted by Crippen LogP contribution is 2.15. The lowest BCUT2D eigenvalue weighted by atomic mass is 10.1. The third-order valence-corrected chi connectivity index (χ3v) is 3.25. The van der Waals surface area contributed by atoms with Crippen LogP contribution in [0, 0.1) is 0 Å².